The largest absolute Gasteiger partial charge is 0.364 e. The van der Waals surface area contributed by atoms with Crippen LogP contribution in [0.2, 0.25) is 0 Å². The van der Waals surface area contributed by atoms with Gasteiger partial charge in [0.15, 0.2) is 0 Å². The van der Waals surface area contributed by atoms with Crippen LogP contribution in [0.1, 0.15) is 12.8 Å². The third kappa shape index (κ3) is 2.79. The second-order valence-electron chi connectivity index (χ2n) is 2.59. The number of aromatic nitrogens is 3. The standard InChI is InChI=1S/C8H10N4O2/c1-2-3-4-5-9-6-7(13)10-8(14)12-11-6/h1H,3-5H2,(H,9,11)(H2,10,12,13,14). The van der Waals surface area contributed by atoms with Crippen molar-refractivity contribution in [3.8, 4) is 12.3 Å². The van der Waals surface area contributed by atoms with Gasteiger partial charge in [-0.25, -0.2) is 9.89 Å². The lowest BCUT2D eigenvalue weighted by molar-refractivity contribution is 0.854. The van der Waals surface area contributed by atoms with E-state index in [0.29, 0.717) is 13.0 Å². The summed E-state index contributed by atoms with van der Waals surface area (Å²) in [7, 11) is 0. The van der Waals surface area contributed by atoms with E-state index in [-0.39, 0.29) is 5.82 Å². The van der Waals surface area contributed by atoms with E-state index in [1.165, 1.54) is 0 Å². The molecule has 0 unspecified atom stereocenters. The topological polar surface area (TPSA) is 90.6 Å². The molecule has 0 amide bonds. The van der Waals surface area contributed by atoms with E-state index in [2.05, 4.69) is 21.4 Å². The summed E-state index contributed by atoms with van der Waals surface area (Å²) in [5, 5.41) is 8.40. The number of nitrogens with one attached hydrogen (secondary N) is 3. The molecule has 6 nitrogen and oxygen atoms in total. The lowest BCUT2D eigenvalue weighted by Crippen LogP contribution is -2.27. The fourth-order valence-electron chi connectivity index (χ4n) is 0.865. The highest BCUT2D eigenvalue weighted by molar-refractivity contribution is 5.28. The van der Waals surface area contributed by atoms with Gasteiger partial charge in [0.25, 0.3) is 5.56 Å². The number of H-pyrrole nitrogens is 2. The molecule has 6 heteroatoms. The van der Waals surface area contributed by atoms with Gasteiger partial charge in [-0.1, -0.05) is 0 Å². The summed E-state index contributed by atoms with van der Waals surface area (Å²) in [6, 6.07) is 0. The molecular formula is C8H10N4O2. The van der Waals surface area contributed by atoms with Crippen LogP contribution in [0.15, 0.2) is 9.59 Å². The molecule has 0 aliphatic carbocycles. The molecule has 0 atom stereocenters. The lowest BCUT2D eigenvalue weighted by atomic mass is 10.3. The van der Waals surface area contributed by atoms with Gasteiger partial charge in [0, 0.05) is 13.0 Å². The summed E-state index contributed by atoms with van der Waals surface area (Å²) < 4.78 is 0. The molecule has 0 aromatic carbocycles. The van der Waals surface area contributed by atoms with Crippen molar-refractivity contribution in [3.63, 3.8) is 0 Å². The van der Waals surface area contributed by atoms with Crippen molar-refractivity contribution in [2.45, 2.75) is 12.8 Å². The van der Waals surface area contributed by atoms with Gasteiger partial charge in [-0.15, -0.1) is 17.4 Å². The van der Waals surface area contributed by atoms with Gasteiger partial charge in [-0.3, -0.25) is 9.78 Å². The highest BCUT2D eigenvalue weighted by atomic mass is 16.2. The quantitative estimate of drug-likeness (QED) is 0.436. The van der Waals surface area contributed by atoms with Crippen LogP contribution in [-0.2, 0) is 0 Å². The van der Waals surface area contributed by atoms with Gasteiger partial charge in [-0.2, -0.15) is 0 Å². The monoisotopic (exact) mass is 194 g/mol. The molecule has 0 saturated carbocycles. The Morgan fingerprint density at radius 1 is 1.50 bits per heavy atom. The van der Waals surface area contributed by atoms with Crippen LogP contribution in [-0.4, -0.2) is 21.7 Å². The first-order valence-electron chi connectivity index (χ1n) is 4.10. The predicted molar refractivity (Wildman–Crippen MR) is 52.0 cm³/mol. The number of terminal acetylenes is 1. The molecule has 0 bridgehead atoms. The van der Waals surface area contributed by atoms with Crippen molar-refractivity contribution in [2.24, 2.45) is 0 Å². The number of hydrogen-bond donors (Lipinski definition) is 3. The maximum absolute atomic E-state index is 11.1. The van der Waals surface area contributed by atoms with E-state index in [4.69, 9.17) is 6.42 Å². The Balaban J connectivity index is 2.56. The molecule has 14 heavy (non-hydrogen) atoms. The average Bonchev–Trinajstić information content (AvgIpc) is 2.15. The zero-order chi connectivity index (χ0) is 10.4. The normalized spacial score (nSPS) is 9.36. The van der Waals surface area contributed by atoms with E-state index in [1.807, 2.05) is 4.98 Å². The number of hydrogen-bond acceptors (Lipinski definition) is 4. The average molecular weight is 194 g/mol. The minimum atomic E-state index is -0.621. The summed E-state index contributed by atoms with van der Waals surface area (Å²) in [5.41, 5.74) is -1.15. The van der Waals surface area contributed by atoms with Crippen molar-refractivity contribution < 1.29 is 0 Å². The first kappa shape index (κ1) is 10.1. The SMILES string of the molecule is C#CCCCNc1n[nH]c(=O)[nH]c1=O. The minimum Gasteiger partial charge on any atom is -0.364 e. The maximum Gasteiger partial charge on any atom is 0.342 e. The zero-order valence-electron chi connectivity index (χ0n) is 7.46. The van der Waals surface area contributed by atoms with Crippen LogP contribution in [0, 0.1) is 12.3 Å². The van der Waals surface area contributed by atoms with Crippen LogP contribution in [0.5, 0.6) is 0 Å². The highest BCUT2D eigenvalue weighted by Gasteiger charge is 1.99. The first-order chi connectivity index (χ1) is 6.74. The number of anilines is 1. The van der Waals surface area contributed by atoms with Crippen LogP contribution in [0.3, 0.4) is 0 Å². The lowest BCUT2D eigenvalue weighted by Gasteiger charge is -2.00. The van der Waals surface area contributed by atoms with Crippen molar-refractivity contribution in [1.82, 2.24) is 15.2 Å². The Hall–Kier alpha value is -2.03. The Labute approximate surface area is 79.8 Å². The van der Waals surface area contributed by atoms with Crippen LogP contribution >= 0.6 is 0 Å². The second kappa shape index (κ2) is 4.87. The molecule has 0 fully saturated rings. The maximum atomic E-state index is 11.1. The Morgan fingerprint density at radius 2 is 2.29 bits per heavy atom. The Morgan fingerprint density at radius 3 is 2.93 bits per heavy atom. The summed E-state index contributed by atoms with van der Waals surface area (Å²) in [6.45, 7) is 0.548. The van der Waals surface area contributed by atoms with E-state index < -0.39 is 11.2 Å². The van der Waals surface area contributed by atoms with E-state index in [1.54, 1.807) is 0 Å². The van der Waals surface area contributed by atoms with Gasteiger partial charge in [0.1, 0.15) is 0 Å². The molecule has 0 aliphatic rings. The molecule has 3 N–H and O–H groups in total. The molecule has 0 spiro atoms. The Kier molecular flexibility index (Phi) is 3.49. The fourth-order valence-corrected chi connectivity index (χ4v) is 0.865. The smallest absolute Gasteiger partial charge is 0.342 e. The number of aromatic amines is 2. The molecular weight excluding hydrogens is 184 g/mol. The van der Waals surface area contributed by atoms with Crippen molar-refractivity contribution in [2.75, 3.05) is 11.9 Å². The third-order valence-corrected chi connectivity index (χ3v) is 1.50. The van der Waals surface area contributed by atoms with Crippen molar-refractivity contribution in [1.29, 1.82) is 0 Å². The Bertz CT molecular complexity index is 440. The van der Waals surface area contributed by atoms with Gasteiger partial charge in [0.2, 0.25) is 5.82 Å². The molecule has 1 aromatic rings. The summed E-state index contributed by atoms with van der Waals surface area (Å²) in [4.78, 5) is 23.7. The molecule has 0 saturated heterocycles. The van der Waals surface area contributed by atoms with E-state index in [0.717, 1.165) is 6.42 Å². The summed E-state index contributed by atoms with van der Waals surface area (Å²) in [5.74, 6) is 2.57. The second-order valence-corrected chi connectivity index (χ2v) is 2.59. The van der Waals surface area contributed by atoms with Crippen LogP contribution in [0.25, 0.3) is 0 Å². The van der Waals surface area contributed by atoms with Crippen LogP contribution in [0.4, 0.5) is 5.82 Å². The number of unbranched alkanes of at least 4 members (excludes halogenated alkanes) is 1. The predicted octanol–water partition coefficient (Wildman–Crippen LogP) is -0.717. The summed E-state index contributed by atoms with van der Waals surface area (Å²) in [6.07, 6.45) is 6.43. The van der Waals surface area contributed by atoms with Gasteiger partial charge in [0.05, 0.1) is 0 Å². The molecule has 0 aliphatic heterocycles. The van der Waals surface area contributed by atoms with E-state index in [9.17, 15) is 9.59 Å². The van der Waals surface area contributed by atoms with Gasteiger partial charge < -0.3 is 5.32 Å². The first-order valence-corrected chi connectivity index (χ1v) is 4.10. The molecule has 1 rings (SSSR count). The molecule has 1 heterocycles. The molecule has 74 valence electrons. The fraction of sp³-hybridized carbons (Fsp3) is 0.375. The van der Waals surface area contributed by atoms with Gasteiger partial charge >= 0.3 is 5.69 Å². The minimum absolute atomic E-state index is 0.0987. The number of rotatable bonds is 4. The zero-order valence-corrected chi connectivity index (χ0v) is 7.46. The molecule has 1 aromatic heterocycles. The van der Waals surface area contributed by atoms with Crippen molar-refractivity contribution in [3.05, 3.63) is 20.8 Å². The summed E-state index contributed by atoms with van der Waals surface area (Å²) >= 11 is 0. The van der Waals surface area contributed by atoms with Crippen molar-refractivity contribution >= 4 is 5.82 Å². The van der Waals surface area contributed by atoms with E-state index >= 15 is 0 Å². The molecule has 0 radical (unpaired) electrons. The van der Waals surface area contributed by atoms with Crippen LogP contribution < -0.4 is 16.6 Å². The third-order valence-electron chi connectivity index (χ3n) is 1.50. The number of nitrogens with zero attached hydrogens (tertiary/aromatic N) is 1. The van der Waals surface area contributed by atoms with Gasteiger partial charge in [-0.05, 0) is 6.42 Å². The highest BCUT2D eigenvalue weighted by Crippen LogP contribution is 1.90.